The van der Waals surface area contributed by atoms with Crippen molar-refractivity contribution in [2.45, 2.75) is 11.8 Å². The van der Waals surface area contributed by atoms with Gasteiger partial charge in [-0.1, -0.05) is 29.8 Å². The molecular formula is C15H13NO2S2. The van der Waals surface area contributed by atoms with Crippen LogP contribution in [0.4, 0.5) is 5.69 Å². The summed E-state index contributed by atoms with van der Waals surface area (Å²) in [6.07, 6.45) is 0. The van der Waals surface area contributed by atoms with Crippen LogP contribution in [0, 0.1) is 6.92 Å². The normalized spacial score (nSPS) is 11.7. The van der Waals surface area contributed by atoms with Gasteiger partial charge in [-0.15, -0.1) is 11.3 Å². The minimum Gasteiger partial charge on any atom is -0.280 e. The summed E-state index contributed by atoms with van der Waals surface area (Å²) >= 11 is 1.44. The molecule has 0 spiro atoms. The Balaban J connectivity index is 2.08. The number of benzene rings is 2. The molecule has 2 aromatic carbocycles. The highest BCUT2D eigenvalue weighted by Crippen LogP contribution is 2.31. The largest absolute Gasteiger partial charge is 0.280 e. The molecule has 1 aromatic heterocycles. The van der Waals surface area contributed by atoms with Crippen LogP contribution in [0.2, 0.25) is 0 Å². The van der Waals surface area contributed by atoms with Crippen molar-refractivity contribution in [2.24, 2.45) is 0 Å². The molecule has 0 aliphatic heterocycles. The van der Waals surface area contributed by atoms with Crippen LogP contribution in [0.3, 0.4) is 0 Å². The molecule has 0 amide bonds. The summed E-state index contributed by atoms with van der Waals surface area (Å²) in [4.78, 5) is 0.338. The summed E-state index contributed by atoms with van der Waals surface area (Å²) in [5.74, 6) is 0. The molecule has 0 atom stereocenters. The average molecular weight is 303 g/mol. The molecule has 5 heteroatoms. The number of para-hydroxylation sites is 1. The molecule has 1 heterocycles. The highest BCUT2D eigenvalue weighted by molar-refractivity contribution is 7.93. The number of hydrogen-bond donors (Lipinski definition) is 1. The third-order valence-electron chi connectivity index (χ3n) is 3.01. The molecule has 0 fully saturated rings. The van der Waals surface area contributed by atoms with E-state index in [-0.39, 0.29) is 0 Å². The zero-order valence-corrected chi connectivity index (χ0v) is 12.5. The van der Waals surface area contributed by atoms with Crippen molar-refractivity contribution in [3.05, 3.63) is 59.5 Å². The van der Waals surface area contributed by atoms with Gasteiger partial charge in [-0.25, -0.2) is 8.42 Å². The van der Waals surface area contributed by atoms with E-state index >= 15 is 0 Å². The first-order valence-electron chi connectivity index (χ1n) is 6.12. The van der Waals surface area contributed by atoms with E-state index < -0.39 is 10.0 Å². The summed E-state index contributed by atoms with van der Waals surface area (Å²) in [5, 5.41) is 2.47. The first-order valence-corrected chi connectivity index (χ1v) is 8.48. The molecule has 0 aliphatic rings. The second-order valence-electron chi connectivity index (χ2n) is 4.57. The molecule has 3 nitrogen and oxygen atoms in total. The summed E-state index contributed by atoms with van der Waals surface area (Å²) in [6.45, 7) is 1.96. The van der Waals surface area contributed by atoms with Crippen LogP contribution in [-0.2, 0) is 10.0 Å². The van der Waals surface area contributed by atoms with Gasteiger partial charge in [0.05, 0.1) is 0 Å². The van der Waals surface area contributed by atoms with Gasteiger partial charge >= 0.3 is 0 Å². The standard InChI is InChI=1S/C15H13NO2S2/c1-11-7-8-14-13(9-11)15(10-19-14)20(17,18)16-12-5-3-2-4-6-12/h2-10,16H,1H3. The Morgan fingerprint density at radius 2 is 1.80 bits per heavy atom. The molecule has 20 heavy (non-hydrogen) atoms. The monoisotopic (exact) mass is 303 g/mol. The van der Waals surface area contributed by atoms with Crippen molar-refractivity contribution in [3.63, 3.8) is 0 Å². The molecular weight excluding hydrogens is 290 g/mol. The Morgan fingerprint density at radius 1 is 1.05 bits per heavy atom. The predicted molar refractivity (Wildman–Crippen MR) is 83.8 cm³/mol. The van der Waals surface area contributed by atoms with Crippen LogP contribution in [0.1, 0.15) is 5.56 Å². The fraction of sp³-hybridized carbons (Fsp3) is 0.0667. The van der Waals surface area contributed by atoms with Gasteiger partial charge in [-0.3, -0.25) is 4.72 Å². The second-order valence-corrected chi connectivity index (χ2v) is 7.13. The average Bonchev–Trinajstić information content (AvgIpc) is 2.83. The van der Waals surface area contributed by atoms with Gasteiger partial charge in [0, 0.05) is 21.2 Å². The number of sulfonamides is 1. The van der Waals surface area contributed by atoms with Crippen LogP contribution in [0.25, 0.3) is 10.1 Å². The van der Waals surface area contributed by atoms with Gasteiger partial charge < -0.3 is 0 Å². The van der Waals surface area contributed by atoms with Crippen LogP contribution < -0.4 is 4.72 Å². The van der Waals surface area contributed by atoms with E-state index in [1.54, 1.807) is 29.6 Å². The van der Waals surface area contributed by atoms with E-state index in [0.717, 1.165) is 15.6 Å². The summed E-state index contributed by atoms with van der Waals surface area (Å²) in [6, 6.07) is 14.8. The minimum absolute atomic E-state index is 0.338. The van der Waals surface area contributed by atoms with Crippen molar-refractivity contribution < 1.29 is 8.42 Å². The van der Waals surface area contributed by atoms with E-state index in [1.807, 2.05) is 31.2 Å². The Kier molecular flexibility index (Phi) is 3.23. The number of hydrogen-bond acceptors (Lipinski definition) is 3. The topological polar surface area (TPSA) is 46.2 Å². The predicted octanol–water partition coefficient (Wildman–Crippen LogP) is 4.01. The molecule has 102 valence electrons. The van der Waals surface area contributed by atoms with Crippen LogP contribution in [0.15, 0.2) is 58.8 Å². The summed E-state index contributed by atoms with van der Waals surface area (Å²) in [5.41, 5.74) is 1.62. The first-order chi connectivity index (χ1) is 9.56. The molecule has 0 bridgehead atoms. The maximum absolute atomic E-state index is 12.5. The third kappa shape index (κ3) is 2.42. The molecule has 0 saturated heterocycles. The highest BCUT2D eigenvalue weighted by Gasteiger charge is 2.19. The first kappa shape index (κ1) is 13.1. The smallest absolute Gasteiger partial charge is 0.263 e. The Bertz CT molecular complexity index is 852. The van der Waals surface area contributed by atoms with Crippen molar-refractivity contribution in [1.29, 1.82) is 0 Å². The lowest BCUT2D eigenvalue weighted by Crippen LogP contribution is -2.12. The zero-order chi connectivity index (χ0) is 14.2. The number of fused-ring (bicyclic) bond motifs is 1. The highest BCUT2D eigenvalue weighted by atomic mass is 32.2. The quantitative estimate of drug-likeness (QED) is 0.794. The number of anilines is 1. The van der Waals surface area contributed by atoms with Crippen molar-refractivity contribution >= 4 is 37.1 Å². The maximum atomic E-state index is 12.5. The third-order valence-corrected chi connectivity index (χ3v) is 5.54. The van der Waals surface area contributed by atoms with Gasteiger partial charge in [-0.05, 0) is 31.2 Å². The molecule has 3 rings (SSSR count). The number of aryl methyl sites for hydroxylation is 1. The number of nitrogens with one attached hydrogen (secondary N) is 1. The summed E-state index contributed by atoms with van der Waals surface area (Å²) in [7, 11) is -3.55. The zero-order valence-electron chi connectivity index (χ0n) is 10.8. The maximum Gasteiger partial charge on any atom is 0.263 e. The fourth-order valence-electron chi connectivity index (χ4n) is 2.04. The van der Waals surface area contributed by atoms with E-state index in [9.17, 15) is 8.42 Å². The van der Waals surface area contributed by atoms with E-state index in [1.165, 1.54) is 11.3 Å². The lowest BCUT2D eigenvalue weighted by Gasteiger charge is -2.07. The number of thiophene rings is 1. The van der Waals surface area contributed by atoms with Gasteiger partial charge in [0.1, 0.15) is 4.90 Å². The lowest BCUT2D eigenvalue weighted by atomic mass is 10.2. The van der Waals surface area contributed by atoms with Crippen molar-refractivity contribution in [2.75, 3.05) is 4.72 Å². The fourth-order valence-corrected chi connectivity index (χ4v) is 4.58. The van der Waals surface area contributed by atoms with Crippen LogP contribution >= 0.6 is 11.3 Å². The minimum atomic E-state index is -3.55. The van der Waals surface area contributed by atoms with Gasteiger partial charge in [0.2, 0.25) is 0 Å². The lowest BCUT2D eigenvalue weighted by molar-refractivity contribution is 0.602. The van der Waals surface area contributed by atoms with Crippen LogP contribution in [0.5, 0.6) is 0 Å². The molecule has 0 aliphatic carbocycles. The Labute approximate surface area is 121 Å². The Hall–Kier alpha value is -1.85. The van der Waals surface area contributed by atoms with Gasteiger partial charge in [0.15, 0.2) is 0 Å². The SMILES string of the molecule is Cc1ccc2scc(S(=O)(=O)Nc3ccccc3)c2c1. The van der Waals surface area contributed by atoms with E-state index in [4.69, 9.17) is 0 Å². The van der Waals surface area contributed by atoms with Gasteiger partial charge in [-0.2, -0.15) is 0 Å². The molecule has 0 unspecified atom stereocenters. The van der Waals surface area contributed by atoms with E-state index in [2.05, 4.69) is 4.72 Å². The Morgan fingerprint density at radius 3 is 2.55 bits per heavy atom. The molecule has 0 saturated carbocycles. The molecule has 3 aromatic rings. The van der Waals surface area contributed by atoms with Gasteiger partial charge in [0.25, 0.3) is 10.0 Å². The summed E-state index contributed by atoms with van der Waals surface area (Å²) < 4.78 is 28.6. The van der Waals surface area contributed by atoms with Crippen molar-refractivity contribution in [1.82, 2.24) is 0 Å². The van der Waals surface area contributed by atoms with E-state index in [0.29, 0.717) is 10.6 Å². The van der Waals surface area contributed by atoms with Crippen LogP contribution in [-0.4, -0.2) is 8.42 Å². The molecule has 1 N–H and O–H groups in total. The second kappa shape index (κ2) is 4.92. The van der Waals surface area contributed by atoms with Crippen molar-refractivity contribution in [3.8, 4) is 0 Å². The number of rotatable bonds is 3. The molecule has 0 radical (unpaired) electrons.